The maximum atomic E-state index is 13.3. The van der Waals surface area contributed by atoms with Gasteiger partial charge in [0.05, 0.1) is 24.9 Å². The van der Waals surface area contributed by atoms with Crippen LogP contribution in [0.25, 0.3) is 0 Å². The summed E-state index contributed by atoms with van der Waals surface area (Å²) < 4.78 is 5.55. The average Bonchev–Trinajstić information content (AvgIpc) is 3.20. The Kier molecular flexibility index (Phi) is 5.34. The van der Waals surface area contributed by atoms with Crippen LogP contribution < -0.4 is 15.4 Å². The van der Waals surface area contributed by atoms with Gasteiger partial charge in [0.2, 0.25) is 5.95 Å². The minimum atomic E-state index is -0.109. The molecule has 0 amide bonds. The fourth-order valence-electron chi connectivity index (χ4n) is 4.74. The van der Waals surface area contributed by atoms with E-state index in [9.17, 15) is 4.79 Å². The van der Waals surface area contributed by atoms with Crippen molar-refractivity contribution >= 4 is 29.2 Å². The Morgan fingerprint density at radius 1 is 1.28 bits per heavy atom. The summed E-state index contributed by atoms with van der Waals surface area (Å²) >= 11 is 6.37. The minimum Gasteiger partial charge on any atom is -0.496 e. The number of nitrogens with zero attached hydrogens (tertiary/aromatic N) is 4. The van der Waals surface area contributed by atoms with E-state index >= 15 is 0 Å². The molecule has 0 bridgehead atoms. The van der Waals surface area contributed by atoms with Crippen LogP contribution in [-0.4, -0.2) is 34.4 Å². The summed E-state index contributed by atoms with van der Waals surface area (Å²) in [6, 6.07) is 0. The zero-order valence-corrected chi connectivity index (χ0v) is 17.8. The monoisotopic (exact) mass is 415 g/mol. The van der Waals surface area contributed by atoms with Gasteiger partial charge in [0.15, 0.2) is 5.78 Å². The zero-order valence-electron chi connectivity index (χ0n) is 17.0. The Morgan fingerprint density at radius 2 is 2.00 bits per heavy atom. The van der Waals surface area contributed by atoms with Crippen molar-refractivity contribution in [2.75, 3.05) is 24.3 Å². The number of carbonyl (C=O) groups excluding carboxylic acids is 1. The number of aromatic nitrogens is 3. The van der Waals surface area contributed by atoms with Crippen molar-refractivity contribution in [3.63, 3.8) is 0 Å². The molecule has 1 fully saturated rings. The fraction of sp³-hybridized carbons (Fsp3) is 0.524. The number of ether oxygens (including phenoxy) is 1. The summed E-state index contributed by atoms with van der Waals surface area (Å²) in [7, 11) is 1.66. The molecule has 2 aromatic heterocycles. The molecule has 1 aliphatic carbocycles. The topological polar surface area (TPSA) is 94.2 Å². The normalized spacial score (nSPS) is 19.5. The van der Waals surface area contributed by atoms with Gasteiger partial charge in [0, 0.05) is 29.8 Å². The summed E-state index contributed by atoms with van der Waals surface area (Å²) in [6.45, 7) is 5.06. The van der Waals surface area contributed by atoms with Gasteiger partial charge in [-0.2, -0.15) is 4.98 Å². The quantitative estimate of drug-likeness (QED) is 0.760. The van der Waals surface area contributed by atoms with E-state index in [1.807, 2.05) is 20.0 Å². The first-order chi connectivity index (χ1) is 13.9. The lowest BCUT2D eigenvalue weighted by Gasteiger charge is -2.36. The molecule has 3 heterocycles. The predicted octanol–water partition coefficient (Wildman–Crippen LogP) is 3.74. The van der Waals surface area contributed by atoms with E-state index in [2.05, 4.69) is 19.9 Å². The highest BCUT2D eigenvalue weighted by Crippen LogP contribution is 2.41. The molecule has 7 nitrogen and oxygen atoms in total. The van der Waals surface area contributed by atoms with Gasteiger partial charge in [-0.3, -0.25) is 9.78 Å². The van der Waals surface area contributed by atoms with Crippen LogP contribution >= 0.6 is 11.6 Å². The van der Waals surface area contributed by atoms with Crippen LogP contribution in [0.15, 0.2) is 6.20 Å². The van der Waals surface area contributed by atoms with E-state index in [0.717, 1.165) is 35.4 Å². The van der Waals surface area contributed by atoms with Crippen LogP contribution in [0, 0.1) is 25.7 Å². The molecule has 29 heavy (non-hydrogen) atoms. The highest BCUT2D eigenvalue weighted by Gasteiger charge is 2.40. The van der Waals surface area contributed by atoms with Gasteiger partial charge >= 0.3 is 0 Å². The highest BCUT2D eigenvalue weighted by molar-refractivity contribution is 6.34. The summed E-state index contributed by atoms with van der Waals surface area (Å²) in [4.78, 5) is 28.4. The second-order valence-corrected chi connectivity index (χ2v) is 8.37. The second-order valence-electron chi connectivity index (χ2n) is 8.01. The van der Waals surface area contributed by atoms with Gasteiger partial charge in [0.25, 0.3) is 0 Å². The zero-order chi connectivity index (χ0) is 20.7. The number of carbonyl (C=O) groups is 1. The van der Waals surface area contributed by atoms with E-state index in [-0.39, 0.29) is 22.8 Å². The molecule has 8 heteroatoms. The lowest BCUT2D eigenvalue weighted by atomic mass is 9.82. The number of Topliss-reactive ketones (excluding diaryl/α,β-unsaturated/α-hetero) is 1. The molecule has 0 spiro atoms. The molecule has 1 unspecified atom stereocenters. The van der Waals surface area contributed by atoms with Crippen molar-refractivity contribution < 1.29 is 9.53 Å². The number of rotatable bonds is 4. The largest absolute Gasteiger partial charge is 0.496 e. The number of hydrogen-bond donors (Lipinski definition) is 1. The van der Waals surface area contributed by atoms with Gasteiger partial charge in [-0.05, 0) is 32.6 Å². The summed E-state index contributed by atoms with van der Waals surface area (Å²) in [5.41, 5.74) is 9.10. The van der Waals surface area contributed by atoms with Gasteiger partial charge in [-0.15, -0.1) is 0 Å². The Morgan fingerprint density at radius 3 is 2.69 bits per heavy atom. The van der Waals surface area contributed by atoms with Crippen LogP contribution in [0.4, 0.5) is 11.8 Å². The third-order valence-electron chi connectivity index (χ3n) is 6.22. The first-order valence-corrected chi connectivity index (χ1v) is 10.4. The van der Waals surface area contributed by atoms with E-state index in [1.165, 1.54) is 12.8 Å². The molecule has 2 aromatic rings. The number of nitrogens with two attached hydrogens (primary N) is 1. The molecule has 1 aliphatic heterocycles. The van der Waals surface area contributed by atoms with Crippen LogP contribution in [-0.2, 0) is 6.54 Å². The molecule has 1 atom stereocenters. The number of aryl methyl sites for hydroxylation is 1. The number of fused-ring (bicyclic) bond motifs is 1. The molecular formula is C21H26ClN5O2. The molecule has 2 aliphatic rings. The average molecular weight is 416 g/mol. The standard InChI is InChI=1S/C21H26ClN5O2/c1-11-8-24-15(12(2)18(11)29-3)10-27-9-14(13-6-4-5-7-13)17(28)16-19(22)25-21(23)26-20(16)27/h8,13-14H,4-7,9-10H2,1-3H3,(H2,23,25,26). The predicted molar refractivity (Wildman–Crippen MR) is 113 cm³/mol. The van der Waals surface area contributed by atoms with E-state index in [0.29, 0.717) is 30.4 Å². The van der Waals surface area contributed by atoms with Crippen molar-refractivity contribution in [2.24, 2.45) is 11.8 Å². The fourth-order valence-corrected chi connectivity index (χ4v) is 5.01. The maximum absolute atomic E-state index is 13.3. The number of anilines is 2. The van der Waals surface area contributed by atoms with Crippen LogP contribution in [0.1, 0.15) is 52.9 Å². The third kappa shape index (κ3) is 3.52. The highest BCUT2D eigenvalue weighted by atomic mass is 35.5. The minimum absolute atomic E-state index is 0.0410. The van der Waals surface area contributed by atoms with Crippen molar-refractivity contribution in [3.8, 4) is 5.75 Å². The van der Waals surface area contributed by atoms with Crippen LogP contribution in [0.3, 0.4) is 0 Å². The lowest BCUT2D eigenvalue weighted by Crippen LogP contribution is -2.43. The maximum Gasteiger partial charge on any atom is 0.223 e. The van der Waals surface area contributed by atoms with Crippen molar-refractivity contribution in [1.82, 2.24) is 15.0 Å². The summed E-state index contributed by atoms with van der Waals surface area (Å²) in [5.74, 6) is 1.70. The smallest absolute Gasteiger partial charge is 0.223 e. The second kappa shape index (κ2) is 7.78. The van der Waals surface area contributed by atoms with Gasteiger partial charge in [-0.25, -0.2) is 4.98 Å². The molecule has 0 saturated heterocycles. The summed E-state index contributed by atoms with van der Waals surface area (Å²) in [6.07, 6.45) is 6.30. The molecule has 2 N–H and O–H groups in total. The first-order valence-electron chi connectivity index (χ1n) is 10.0. The number of hydrogen-bond acceptors (Lipinski definition) is 7. The number of methoxy groups -OCH3 is 1. The number of nitrogen functional groups attached to an aromatic ring is 1. The van der Waals surface area contributed by atoms with Crippen molar-refractivity contribution in [1.29, 1.82) is 0 Å². The summed E-state index contributed by atoms with van der Waals surface area (Å²) in [5, 5.41) is 0.136. The molecular weight excluding hydrogens is 390 g/mol. The Hall–Kier alpha value is -2.41. The lowest BCUT2D eigenvalue weighted by molar-refractivity contribution is 0.0867. The van der Waals surface area contributed by atoms with Gasteiger partial charge < -0.3 is 15.4 Å². The SMILES string of the molecule is COc1c(C)cnc(CN2CC(C3CCCC3)C(=O)c3c(Cl)nc(N)nc32)c1C. The van der Waals surface area contributed by atoms with E-state index < -0.39 is 0 Å². The first kappa shape index (κ1) is 19.9. The molecule has 154 valence electrons. The Balaban J connectivity index is 1.76. The van der Waals surface area contributed by atoms with Crippen LogP contribution in [0.5, 0.6) is 5.75 Å². The van der Waals surface area contributed by atoms with E-state index in [4.69, 9.17) is 22.1 Å². The molecule has 4 rings (SSSR count). The number of halogens is 1. The van der Waals surface area contributed by atoms with Crippen molar-refractivity contribution in [3.05, 3.63) is 33.7 Å². The Bertz CT molecular complexity index is 959. The van der Waals surface area contributed by atoms with Gasteiger partial charge in [-0.1, -0.05) is 24.4 Å². The molecule has 1 saturated carbocycles. The van der Waals surface area contributed by atoms with Crippen molar-refractivity contribution in [2.45, 2.75) is 46.1 Å². The number of ketones is 1. The molecule has 0 radical (unpaired) electrons. The van der Waals surface area contributed by atoms with Crippen LogP contribution in [0.2, 0.25) is 5.15 Å². The third-order valence-corrected chi connectivity index (χ3v) is 6.50. The Labute approximate surface area is 175 Å². The molecule has 0 aromatic carbocycles. The van der Waals surface area contributed by atoms with Gasteiger partial charge in [0.1, 0.15) is 16.7 Å². The number of pyridine rings is 1. The van der Waals surface area contributed by atoms with E-state index in [1.54, 1.807) is 7.11 Å².